The molecule has 2 unspecified atom stereocenters. The van der Waals surface area contributed by atoms with Crippen molar-refractivity contribution in [3.63, 3.8) is 0 Å². The van der Waals surface area contributed by atoms with Crippen molar-refractivity contribution in [2.45, 2.75) is 71.6 Å². The van der Waals surface area contributed by atoms with Gasteiger partial charge in [-0.3, -0.25) is 43.7 Å². The van der Waals surface area contributed by atoms with Crippen LogP contribution in [0.4, 0.5) is 44.7 Å². The number of ketones is 6. The first kappa shape index (κ1) is 105. The van der Waals surface area contributed by atoms with Crippen molar-refractivity contribution in [2.24, 2.45) is 0 Å². The third-order valence-electron chi connectivity index (χ3n) is 19.6. The van der Waals surface area contributed by atoms with E-state index in [-0.39, 0.29) is 95.9 Å². The van der Waals surface area contributed by atoms with Crippen LogP contribution in [0.15, 0.2) is 291 Å². The second-order valence-electron chi connectivity index (χ2n) is 30.4. The van der Waals surface area contributed by atoms with Gasteiger partial charge in [-0.2, -0.15) is 0 Å². The average Bonchev–Trinajstić information content (AvgIpc) is 1.60. The molecule has 0 saturated heterocycles. The van der Waals surface area contributed by atoms with Crippen LogP contribution >= 0.6 is 91.5 Å². The number of halogens is 8. The van der Waals surface area contributed by atoms with E-state index < -0.39 is 29.8 Å². The summed E-state index contributed by atoms with van der Waals surface area (Å²) in [7, 11) is 3.56. The molecular formula is C103H78Cl3F5N18O10S5. The Hall–Kier alpha value is -15.9. The lowest BCUT2D eigenvalue weighted by atomic mass is 10.0. The molecule has 18 rings (SSSR count). The van der Waals surface area contributed by atoms with Crippen LogP contribution in [0.2, 0.25) is 15.1 Å². The molecule has 12 heterocycles. The smallest absolute Gasteiger partial charge is 0.169 e. The topological polar surface area (TPSA) is 352 Å². The fourth-order valence-electron chi connectivity index (χ4n) is 12.7. The second-order valence-corrected chi connectivity index (χ2v) is 36.5. The molecule has 144 heavy (non-hydrogen) atoms. The summed E-state index contributed by atoms with van der Waals surface area (Å²) in [5, 5.41) is 13.3. The average molecular weight is 2090 g/mol. The van der Waals surface area contributed by atoms with Crippen molar-refractivity contribution in [3.05, 3.63) is 410 Å². The lowest BCUT2D eigenvalue weighted by molar-refractivity contribution is 0.0984. The van der Waals surface area contributed by atoms with Crippen molar-refractivity contribution >= 4 is 149 Å². The third-order valence-corrected chi connectivity index (χ3v) is 24.5. The highest BCUT2D eigenvalue weighted by atomic mass is 35.5. The van der Waals surface area contributed by atoms with Gasteiger partial charge >= 0.3 is 0 Å². The van der Waals surface area contributed by atoms with Gasteiger partial charge in [0.15, 0.2) is 46.2 Å². The maximum Gasteiger partial charge on any atom is 0.169 e. The number of hydrogen-bond donors (Lipinski definition) is 0. The molecule has 0 amide bonds. The minimum absolute atomic E-state index is 0.0330. The highest BCUT2D eigenvalue weighted by Gasteiger charge is 2.23. The zero-order valence-corrected chi connectivity index (χ0v) is 82.7. The number of rotatable bonds is 32. The van der Waals surface area contributed by atoms with E-state index >= 15 is 0 Å². The van der Waals surface area contributed by atoms with E-state index in [0.717, 1.165) is 39.2 Å². The number of benzene rings is 6. The Balaban J connectivity index is 0.000000145. The summed E-state index contributed by atoms with van der Waals surface area (Å²) in [6, 6.07) is 37.5. The summed E-state index contributed by atoms with van der Waals surface area (Å²) >= 11 is 25.1. The number of terminal acetylenes is 1. The molecule has 0 saturated carbocycles. The number of carbonyl (C=O) groups is 6. The van der Waals surface area contributed by atoms with Gasteiger partial charge in [0.1, 0.15) is 115 Å². The summed E-state index contributed by atoms with van der Waals surface area (Å²) in [5.41, 5.74) is 7.62. The predicted octanol–water partition coefficient (Wildman–Crippen LogP) is 24.7. The Kier molecular flexibility index (Phi) is 38.5. The Morgan fingerprint density at radius 2 is 0.757 bits per heavy atom. The quantitative estimate of drug-likeness (QED) is 0.0215. The first-order chi connectivity index (χ1) is 69.5. The van der Waals surface area contributed by atoms with Crippen LogP contribution in [-0.4, -0.2) is 129 Å². The van der Waals surface area contributed by atoms with Crippen LogP contribution in [-0.2, 0) is 38.5 Å². The monoisotopic (exact) mass is 2090 g/mol. The first-order valence-electron chi connectivity index (χ1n) is 42.8. The maximum absolute atomic E-state index is 14.2. The number of Topliss-reactive ketones (excluding diaryl/α,β-unsaturated/α-hetero) is 6. The third kappa shape index (κ3) is 32.6. The Bertz CT molecular complexity index is 7140. The molecule has 0 aliphatic carbocycles. The van der Waals surface area contributed by atoms with Gasteiger partial charge in [0.05, 0.1) is 129 Å². The summed E-state index contributed by atoms with van der Waals surface area (Å²) in [6.07, 6.45) is 33.1. The molecule has 0 bridgehead atoms. The van der Waals surface area contributed by atoms with Crippen LogP contribution in [0.1, 0.15) is 142 Å². The van der Waals surface area contributed by atoms with Gasteiger partial charge in [-0.05, 0) is 154 Å². The molecule has 0 radical (unpaired) electrons. The lowest BCUT2D eigenvalue weighted by Gasteiger charge is -2.19. The van der Waals surface area contributed by atoms with Gasteiger partial charge in [0.25, 0.3) is 0 Å². The van der Waals surface area contributed by atoms with E-state index in [0.29, 0.717) is 121 Å². The maximum atomic E-state index is 14.2. The predicted molar refractivity (Wildman–Crippen MR) is 541 cm³/mol. The van der Waals surface area contributed by atoms with Gasteiger partial charge in [0.2, 0.25) is 0 Å². The lowest BCUT2D eigenvalue weighted by Crippen LogP contribution is -2.13. The van der Waals surface area contributed by atoms with Crippen LogP contribution in [0.3, 0.4) is 0 Å². The molecule has 726 valence electrons. The number of thiazole rings is 5. The molecule has 12 aromatic heterocycles. The second kappa shape index (κ2) is 52.6. The van der Waals surface area contributed by atoms with Crippen LogP contribution in [0.25, 0.3) is 0 Å². The number of aryl methyl sites for hydroxylation is 1. The fraction of sp³-hybridized carbons (Fsp3) is 0.126. The van der Waals surface area contributed by atoms with Gasteiger partial charge in [-0.15, -0.1) is 63.1 Å². The van der Waals surface area contributed by atoms with Crippen molar-refractivity contribution in [1.82, 2.24) is 79.7 Å². The van der Waals surface area contributed by atoms with E-state index in [4.69, 9.17) is 60.2 Å². The SMILES string of the molecule is C#Cc1ccc(CC(=O)c2cc(Cl)cc(N(C)c3cncnc3)c2)nc1.CC(F)c1csc(CC(=O)c2cc(Cl)cc(Oc3cncnc3)c2)n1.CC(F)c1csc(CC(=O)c2cc(F)cc(Oc3cncnc3)c2)n1.Cc1csc(CC(=O)c2ccc(F)c(N(C)c3cncnc3)c2)n1.O=C(Cc1nccs1)c1cc(Cl)cc(Oc2cccnc2)c1.O=C(Cc1nccs1)c1cc(F)cc(Oc2cccnc2)c1. The molecule has 6 aromatic carbocycles. The van der Waals surface area contributed by atoms with Crippen molar-refractivity contribution in [1.29, 1.82) is 0 Å². The van der Waals surface area contributed by atoms with Crippen LogP contribution in [0.5, 0.6) is 46.0 Å². The van der Waals surface area contributed by atoms with Crippen molar-refractivity contribution < 1.29 is 69.7 Å². The Labute approximate surface area is 855 Å². The van der Waals surface area contributed by atoms with Crippen molar-refractivity contribution in [2.75, 3.05) is 23.9 Å². The standard InChI is InChI=1S/C20H15ClN4O.C17H13ClFN3O2S.C17H13F2N3O2S.C17H15FN4OS.C16H11ClN2O2S.C16H11FN2O2S/c1-3-14-4-5-17(24-10-14)9-20(26)15-6-16(21)8-18(7-15)25(2)19-11-22-13-23-12-19;1-10(19)15-8-25-17(22-15)5-16(23)11-2-12(18)4-13(3-11)24-14-6-20-9-21-7-14;1-10(18)15-8-25-17(22-15)5-16(23)11-2-12(19)4-13(3-11)24-14-6-20-9-21-7-14;1-11-9-24-17(21-11)6-16(23)12-3-4-14(18)15(5-12)22(2)13-7-19-10-20-8-13;2*17-12-6-11(15(20)9-16-19-4-5-22-16)7-14(8-12)21-13-2-1-3-18-10-13/h1,4-8,10-13H,9H2,2H3;2*2-4,6-10H,5H2,1H3;3-5,7-10H,6H2,1-2H3;2*1-8,10H,9H2. The van der Waals surface area contributed by atoms with Crippen LogP contribution in [0, 0.1) is 36.7 Å². The molecule has 28 nitrogen and oxygen atoms in total. The molecule has 0 aliphatic rings. The number of nitrogens with zero attached hydrogens (tertiary/aromatic N) is 18. The number of pyridine rings is 3. The van der Waals surface area contributed by atoms with Crippen molar-refractivity contribution in [3.8, 4) is 58.3 Å². The number of hydrogen-bond acceptors (Lipinski definition) is 33. The number of alkyl halides is 2. The summed E-state index contributed by atoms with van der Waals surface area (Å²) in [4.78, 5) is 142. The van der Waals surface area contributed by atoms with E-state index in [9.17, 15) is 50.7 Å². The molecule has 0 spiro atoms. The summed E-state index contributed by atoms with van der Waals surface area (Å²) in [6.45, 7) is 4.68. The summed E-state index contributed by atoms with van der Waals surface area (Å²) in [5.74, 6) is 3.19. The first-order valence-corrected chi connectivity index (χ1v) is 48.3. The van der Waals surface area contributed by atoms with E-state index in [1.54, 1.807) is 187 Å². The van der Waals surface area contributed by atoms with Gasteiger partial charge in [-0.25, -0.2) is 86.7 Å². The van der Waals surface area contributed by atoms with E-state index in [2.05, 4.69) is 85.7 Å². The number of aromatic nitrogens is 16. The highest BCUT2D eigenvalue weighted by molar-refractivity contribution is 7.10. The normalized spacial score (nSPS) is 10.9. The molecule has 18 aromatic rings. The molecular weight excluding hydrogens is 2010 g/mol. The van der Waals surface area contributed by atoms with Gasteiger partial charge < -0.3 is 28.7 Å². The largest absolute Gasteiger partial charge is 0.456 e. The van der Waals surface area contributed by atoms with Crippen LogP contribution < -0.4 is 28.7 Å². The molecule has 0 aliphatic heterocycles. The molecule has 0 fully saturated rings. The van der Waals surface area contributed by atoms with Gasteiger partial charge in [-0.1, -0.05) is 40.7 Å². The van der Waals surface area contributed by atoms with Gasteiger partial charge in [0, 0.05) is 155 Å². The van der Waals surface area contributed by atoms with E-state index in [1.165, 1.54) is 163 Å². The Morgan fingerprint density at radius 3 is 1.16 bits per heavy atom. The minimum Gasteiger partial charge on any atom is -0.456 e. The zero-order valence-electron chi connectivity index (χ0n) is 76.4. The number of anilines is 4. The fourth-order valence-corrected chi connectivity index (χ4v) is 17.1. The highest BCUT2D eigenvalue weighted by Crippen LogP contribution is 2.35. The zero-order chi connectivity index (χ0) is 102. The Morgan fingerprint density at radius 1 is 0.368 bits per heavy atom. The minimum atomic E-state index is -1.19. The van der Waals surface area contributed by atoms with E-state index in [1.807, 2.05) is 29.6 Å². The molecule has 41 heteroatoms. The summed E-state index contributed by atoms with van der Waals surface area (Å²) < 4.78 is 90.4. The molecule has 0 N–H and O–H groups in total. The number of carbonyl (C=O) groups excluding carboxylic acids is 6. The molecule has 2 atom stereocenters. The number of ether oxygens (including phenoxy) is 4.